The van der Waals surface area contributed by atoms with E-state index >= 15 is 0 Å². The Bertz CT molecular complexity index is 971. The molecule has 2 aromatic rings. The summed E-state index contributed by atoms with van der Waals surface area (Å²) in [4.78, 5) is 13.6. The quantitative estimate of drug-likeness (QED) is 0.249. The largest absolute Gasteiger partial charge is 0.451 e. The van der Waals surface area contributed by atoms with Gasteiger partial charge < -0.3 is 9.47 Å². The third-order valence-electron chi connectivity index (χ3n) is 4.38. The number of hydrogen-bond acceptors (Lipinski definition) is 4. The molecule has 1 aromatic carbocycles. The van der Waals surface area contributed by atoms with Crippen molar-refractivity contribution in [2.75, 3.05) is 6.54 Å². The van der Waals surface area contributed by atoms with Crippen molar-refractivity contribution in [3.8, 4) is 0 Å². The van der Waals surface area contributed by atoms with E-state index in [-0.39, 0.29) is 36.7 Å². The molecule has 3 rings (SSSR count). The summed E-state index contributed by atoms with van der Waals surface area (Å²) in [6, 6.07) is 0.950. The maximum Gasteiger partial charge on any atom is 0.451 e. The van der Waals surface area contributed by atoms with Gasteiger partial charge in [-0.25, -0.2) is 13.2 Å². The number of carbonyl (C=O) groups excluding carboxylic acids is 1. The monoisotopic (exact) mass is 422 g/mol. The maximum atomic E-state index is 13.7. The number of nitrogens with one attached hydrogen (secondary N) is 1. The molecule has 13 heteroatoms. The minimum absolute atomic E-state index is 0.0536. The van der Waals surface area contributed by atoms with Crippen molar-refractivity contribution in [2.24, 2.45) is 0 Å². The molecular weight excluding hydrogens is 408 g/mol. The van der Waals surface area contributed by atoms with E-state index in [9.17, 15) is 36.3 Å². The van der Waals surface area contributed by atoms with Gasteiger partial charge in [-0.2, -0.15) is 13.2 Å². The molecule has 1 aromatic heterocycles. The molecule has 0 atom stereocenters. The fraction of sp³-hybridized carbons (Fsp3) is 0.375. The Morgan fingerprint density at radius 1 is 1.10 bits per heavy atom. The first-order valence-corrected chi connectivity index (χ1v) is 8.25. The first kappa shape index (κ1) is 20.6. The normalized spacial score (nSPS) is 14.8. The van der Waals surface area contributed by atoms with Gasteiger partial charge in [0.1, 0.15) is 12.2 Å². The lowest BCUT2D eigenvalue weighted by molar-refractivity contribution is -0.738. The zero-order valence-electron chi connectivity index (χ0n) is 14.6. The van der Waals surface area contributed by atoms with Crippen LogP contribution in [0.25, 0.3) is 0 Å². The zero-order valence-corrected chi connectivity index (χ0v) is 14.6. The number of amides is 1. The van der Waals surface area contributed by atoms with Crippen molar-refractivity contribution >= 4 is 11.6 Å². The lowest BCUT2D eigenvalue weighted by Crippen LogP contribution is -2.70. The summed E-state index contributed by atoms with van der Waals surface area (Å²) in [5, 5.41) is 17.5. The Hall–Kier alpha value is -3.12. The predicted molar refractivity (Wildman–Crippen MR) is 82.8 cm³/mol. The van der Waals surface area contributed by atoms with Crippen LogP contribution in [0.2, 0.25) is 0 Å². The summed E-state index contributed by atoms with van der Waals surface area (Å²) < 4.78 is 79.5. The van der Waals surface area contributed by atoms with E-state index in [2.05, 4.69) is 10.2 Å². The van der Waals surface area contributed by atoms with Crippen molar-refractivity contribution in [3.63, 3.8) is 0 Å². The van der Waals surface area contributed by atoms with E-state index in [0.717, 1.165) is 4.57 Å². The Morgan fingerprint density at radius 3 is 2.45 bits per heavy atom. The molecule has 7 nitrogen and oxygen atoms in total. The number of halogens is 6. The molecule has 156 valence electrons. The van der Waals surface area contributed by atoms with Gasteiger partial charge in [0.2, 0.25) is 17.4 Å². The summed E-state index contributed by atoms with van der Waals surface area (Å²) in [5.74, 6) is -5.53. The molecule has 0 saturated heterocycles. The SMILES string of the molecule is O=C(C/C(Cc1cc(F)c(F)cc1F)=[NH+]\O)N1CCn2c(nnc2C(F)(F)F)C1. The minimum Gasteiger partial charge on any atom is -0.333 e. The van der Waals surface area contributed by atoms with Crippen LogP contribution in [0.5, 0.6) is 0 Å². The molecule has 2 N–H and O–H groups in total. The van der Waals surface area contributed by atoms with Crippen LogP contribution in [0.4, 0.5) is 26.3 Å². The molecular formula is C16H14F6N5O2+. The van der Waals surface area contributed by atoms with Gasteiger partial charge in [-0.05, 0) is 11.2 Å². The van der Waals surface area contributed by atoms with E-state index in [1.165, 1.54) is 4.90 Å². The Labute approximate surface area is 159 Å². The number of carbonyl (C=O) groups is 1. The number of aromatic nitrogens is 3. The number of nitrogens with zero attached hydrogens (tertiary/aromatic N) is 4. The molecule has 0 radical (unpaired) electrons. The van der Waals surface area contributed by atoms with E-state index in [1.54, 1.807) is 5.16 Å². The predicted octanol–water partition coefficient (Wildman–Crippen LogP) is 0.600. The van der Waals surface area contributed by atoms with Gasteiger partial charge in [0.05, 0.1) is 13.0 Å². The van der Waals surface area contributed by atoms with Crippen LogP contribution in [0.1, 0.15) is 23.6 Å². The van der Waals surface area contributed by atoms with Crippen molar-refractivity contribution < 1.29 is 41.5 Å². The fourth-order valence-corrected chi connectivity index (χ4v) is 2.95. The molecule has 0 aliphatic carbocycles. The first-order chi connectivity index (χ1) is 13.6. The third kappa shape index (κ3) is 4.32. The van der Waals surface area contributed by atoms with Gasteiger partial charge in [0.15, 0.2) is 17.5 Å². The smallest absolute Gasteiger partial charge is 0.333 e. The molecule has 1 amide bonds. The molecule has 0 spiro atoms. The second-order valence-corrected chi connectivity index (χ2v) is 6.33. The average Bonchev–Trinajstić information content (AvgIpc) is 3.08. The highest BCUT2D eigenvalue weighted by Crippen LogP contribution is 2.29. The van der Waals surface area contributed by atoms with Crippen LogP contribution >= 0.6 is 0 Å². The van der Waals surface area contributed by atoms with E-state index in [1.807, 2.05) is 0 Å². The van der Waals surface area contributed by atoms with Crippen LogP contribution < -0.4 is 5.16 Å². The number of fused-ring (bicyclic) bond motifs is 1. The van der Waals surface area contributed by atoms with Gasteiger partial charge in [-0.1, -0.05) is 0 Å². The summed E-state index contributed by atoms with van der Waals surface area (Å²) >= 11 is 0. The lowest BCUT2D eigenvalue weighted by atomic mass is 10.0. The Morgan fingerprint density at radius 2 is 1.79 bits per heavy atom. The minimum atomic E-state index is -4.67. The van der Waals surface area contributed by atoms with Crippen molar-refractivity contribution in [1.29, 1.82) is 0 Å². The standard InChI is InChI=1S/C16H13F6N5O2/c17-10-6-12(19)11(18)4-8(10)3-9(25-29)5-14(28)26-1-2-27-13(7-26)23-24-15(27)16(20,21)22/h4,6,29H,1-3,5,7H2/p+1/b25-9-. The highest BCUT2D eigenvalue weighted by molar-refractivity contribution is 5.99. The molecule has 1 aliphatic rings. The molecule has 0 bridgehead atoms. The topological polar surface area (TPSA) is 85.2 Å². The zero-order chi connectivity index (χ0) is 21.3. The molecule has 0 fully saturated rings. The highest BCUT2D eigenvalue weighted by Gasteiger charge is 2.40. The average molecular weight is 422 g/mol. The van der Waals surface area contributed by atoms with Crippen LogP contribution in [0.15, 0.2) is 12.1 Å². The van der Waals surface area contributed by atoms with Gasteiger partial charge in [-0.3, -0.25) is 10.0 Å². The summed E-state index contributed by atoms with van der Waals surface area (Å²) in [7, 11) is 0. The molecule has 29 heavy (non-hydrogen) atoms. The van der Waals surface area contributed by atoms with Crippen LogP contribution in [0.3, 0.4) is 0 Å². The molecule has 1 aliphatic heterocycles. The maximum absolute atomic E-state index is 13.7. The van der Waals surface area contributed by atoms with Gasteiger partial charge in [0.25, 0.3) is 0 Å². The van der Waals surface area contributed by atoms with E-state index in [4.69, 9.17) is 0 Å². The first-order valence-electron chi connectivity index (χ1n) is 8.25. The number of benzene rings is 1. The second kappa shape index (κ2) is 7.72. The van der Waals surface area contributed by atoms with Crippen molar-refractivity contribution in [2.45, 2.75) is 32.1 Å². The Kier molecular flexibility index (Phi) is 5.48. The lowest BCUT2D eigenvalue weighted by Gasteiger charge is -2.27. The van der Waals surface area contributed by atoms with Crippen LogP contribution in [-0.4, -0.2) is 43.0 Å². The number of rotatable bonds is 4. The van der Waals surface area contributed by atoms with Gasteiger partial charge in [0, 0.05) is 24.7 Å². The fourth-order valence-electron chi connectivity index (χ4n) is 2.95. The molecule has 0 unspecified atom stereocenters. The molecule has 2 heterocycles. The summed E-state index contributed by atoms with van der Waals surface area (Å²) in [5.41, 5.74) is -0.399. The van der Waals surface area contributed by atoms with Crippen molar-refractivity contribution in [1.82, 2.24) is 19.7 Å². The van der Waals surface area contributed by atoms with Gasteiger partial charge >= 0.3 is 6.18 Å². The second-order valence-electron chi connectivity index (χ2n) is 6.33. The number of alkyl halides is 3. The van der Waals surface area contributed by atoms with Crippen LogP contribution in [0, 0.1) is 17.5 Å². The van der Waals surface area contributed by atoms with E-state index < -0.39 is 48.2 Å². The Balaban J connectivity index is 1.68. The summed E-state index contributed by atoms with van der Waals surface area (Å²) in [6.45, 7) is -0.478. The number of hydrogen-bond donors (Lipinski definition) is 2. The third-order valence-corrected chi connectivity index (χ3v) is 4.38. The molecule has 0 saturated carbocycles. The van der Waals surface area contributed by atoms with Crippen LogP contribution in [-0.2, 0) is 30.5 Å². The van der Waals surface area contributed by atoms with E-state index in [0.29, 0.717) is 12.1 Å². The highest BCUT2D eigenvalue weighted by atomic mass is 19.4. The van der Waals surface area contributed by atoms with Gasteiger partial charge in [-0.15, -0.1) is 10.2 Å². The van der Waals surface area contributed by atoms with Crippen molar-refractivity contribution in [3.05, 3.63) is 46.8 Å². The summed E-state index contributed by atoms with van der Waals surface area (Å²) in [6.07, 6.45) is -5.53.